The van der Waals surface area contributed by atoms with Gasteiger partial charge in [0.2, 0.25) is 0 Å². The summed E-state index contributed by atoms with van der Waals surface area (Å²) in [6.45, 7) is 3.07. The van der Waals surface area contributed by atoms with Gasteiger partial charge in [0.25, 0.3) is 0 Å². The fourth-order valence-electron chi connectivity index (χ4n) is 1.11. The van der Waals surface area contributed by atoms with Gasteiger partial charge in [-0.25, -0.2) is 9.97 Å². The molecule has 1 N–H and O–H groups in total. The molecule has 1 aromatic rings. The Hall–Kier alpha value is -0.610. The van der Waals surface area contributed by atoms with E-state index < -0.39 is 0 Å². The zero-order chi connectivity index (χ0) is 10.2. The molecule has 0 aliphatic rings. The van der Waals surface area contributed by atoms with E-state index in [1.807, 2.05) is 24.2 Å². The van der Waals surface area contributed by atoms with Crippen LogP contribution in [0.15, 0.2) is 18.7 Å². The van der Waals surface area contributed by atoms with Crippen molar-refractivity contribution in [3.05, 3.63) is 24.3 Å². The summed E-state index contributed by atoms with van der Waals surface area (Å²) in [5.74, 6) is 1.21. The van der Waals surface area contributed by atoms with Gasteiger partial charge >= 0.3 is 0 Å². The van der Waals surface area contributed by atoms with E-state index in [4.69, 9.17) is 0 Å². The molecule has 1 aromatic heterocycles. The lowest BCUT2D eigenvalue weighted by Crippen LogP contribution is -2.26. The van der Waals surface area contributed by atoms with Crippen LogP contribution >= 0.6 is 11.8 Å². The predicted molar refractivity (Wildman–Crippen MR) is 61.3 cm³/mol. The van der Waals surface area contributed by atoms with Crippen molar-refractivity contribution in [3.63, 3.8) is 0 Å². The standard InChI is InChI=1S/C10H17N3S/c1-9(3-4-14-2)13-7-10-5-11-8-12-6-10/h5-6,8-9,13H,3-4,7H2,1-2H3. The van der Waals surface area contributed by atoms with Crippen molar-refractivity contribution in [1.29, 1.82) is 0 Å². The minimum Gasteiger partial charge on any atom is -0.310 e. The van der Waals surface area contributed by atoms with E-state index in [2.05, 4.69) is 28.5 Å². The number of rotatable bonds is 6. The Kier molecular flexibility index (Phi) is 5.56. The maximum atomic E-state index is 3.97. The van der Waals surface area contributed by atoms with Gasteiger partial charge in [0.1, 0.15) is 6.33 Å². The van der Waals surface area contributed by atoms with Crippen molar-refractivity contribution in [2.24, 2.45) is 0 Å². The second-order valence-electron chi connectivity index (χ2n) is 3.31. The molecule has 0 aliphatic heterocycles. The lowest BCUT2D eigenvalue weighted by atomic mass is 10.2. The summed E-state index contributed by atoms with van der Waals surface area (Å²) in [4.78, 5) is 7.94. The Morgan fingerprint density at radius 2 is 2.14 bits per heavy atom. The second-order valence-corrected chi connectivity index (χ2v) is 4.30. The SMILES string of the molecule is CSCCC(C)NCc1cncnc1. The maximum Gasteiger partial charge on any atom is 0.115 e. The van der Waals surface area contributed by atoms with Crippen LogP contribution in [0.2, 0.25) is 0 Å². The Morgan fingerprint density at radius 3 is 2.79 bits per heavy atom. The van der Waals surface area contributed by atoms with Crippen molar-refractivity contribution in [3.8, 4) is 0 Å². The molecule has 4 heteroatoms. The van der Waals surface area contributed by atoms with Crippen LogP contribution in [-0.4, -0.2) is 28.0 Å². The first-order chi connectivity index (χ1) is 6.83. The minimum absolute atomic E-state index is 0.558. The molecule has 0 aromatic carbocycles. The molecule has 1 atom stereocenters. The van der Waals surface area contributed by atoms with Gasteiger partial charge in [-0.1, -0.05) is 0 Å². The van der Waals surface area contributed by atoms with Crippen molar-refractivity contribution < 1.29 is 0 Å². The summed E-state index contributed by atoms with van der Waals surface area (Å²) in [5, 5.41) is 3.44. The smallest absolute Gasteiger partial charge is 0.115 e. The van der Waals surface area contributed by atoms with Crippen LogP contribution in [0.1, 0.15) is 18.9 Å². The maximum absolute atomic E-state index is 3.97. The number of hydrogen-bond donors (Lipinski definition) is 1. The topological polar surface area (TPSA) is 37.8 Å². The number of nitrogens with zero attached hydrogens (tertiary/aromatic N) is 2. The molecule has 0 saturated heterocycles. The van der Waals surface area contributed by atoms with Crippen LogP contribution in [0.25, 0.3) is 0 Å². The van der Waals surface area contributed by atoms with Crippen LogP contribution in [0.3, 0.4) is 0 Å². The van der Waals surface area contributed by atoms with Crippen molar-refractivity contribution >= 4 is 11.8 Å². The van der Waals surface area contributed by atoms with E-state index in [1.165, 1.54) is 12.2 Å². The van der Waals surface area contributed by atoms with Crippen molar-refractivity contribution in [1.82, 2.24) is 15.3 Å². The molecule has 3 nitrogen and oxygen atoms in total. The Balaban J connectivity index is 2.20. The number of aromatic nitrogens is 2. The van der Waals surface area contributed by atoms with Crippen LogP contribution in [0.5, 0.6) is 0 Å². The fraction of sp³-hybridized carbons (Fsp3) is 0.600. The van der Waals surface area contributed by atoms with Crippen molar-refractivity contribution in [2.45, 2.75) is 25.9 Å². The van der Waals surface area contributed by atoms with Gasteiger partial charge in [0.15, 0.2) is 0 Å². The molecular weight excluding hydrogens is 194 g/mol. The quantitative estimate of drug-likeness (QED) is 0.777. The predicted octanol–water partition coefficient (Wildman–Crippen LogP) is 1.71. The average Bonchev–Trinajstić information content (AvgIpc) is 2.25. The molecule has 1 rings (SSSR count). The summed E-state index contributed by atoms with van der Waals surface area (Å²) in [6.07, 6.45) is 8.59. The summed E-state index contributed by atoms with van der Waals surface area (Å²) in [7, 11) is 0. The largest absolute Gasteiger partial charge is 0.310 e. The number of thioether (sulfide) groups is 1. The summed E-state index contributed by atoms with van der Waals surface area (Å²) >= 11 is 1.89. The monoisotopic (exact) mass is 211 g/mol. The van der Waals surface area contributed by atoms with Crippen LogP contribution in [0.4, 0.5) is 0 Å². The molecule has 0 saturated carbocycles. The average molecular weight is 211 g/mol. The Bertz CT molecular complexity index is 240. The highest BCUT2D eigenvalue weighted by atomic mass is 32.2. The van der Waals surface area contributed by atoms with Gasteiger partial charge in [0.05, 0.1) is 0 Å². The van der Waals surface area contributed by atoms with E-state index in [0.29, 0.717) is 6.04 Å². The van der Waals surface area contributed by atoms with E-state index in [-0.39, 0.29) is 0 Å². The minimum atomic E-state index is 0.558. The van der Waals surface area contributed by atoms with E-state index in [9.17, 15) is 0 Å². The molecule has 14 heavy (non-hydrogen) atoms. The highest BCUT2D eigenvalue weighted by molar-refractivity contribution is 7.98. The van der Waals surface area contributed by atoms with E-state index >= 15 is 0 Å². The summed E-state index contributed by atoms with van der Waals surface area (Å²) < 4.78 is 0. The lowest BCUT2D eigenvalue weighted by molar-refractivity contribution is 0.536. The fourth-order valence-corrected chi connectivity index (χ4v) is 1.70. The molecule has 1 heterocycles. The van der Waals surface area contributed by atoms with Gasteiger partial charge in [-0.05, 0) is 25.4 Å². The van der Waals surface area contributed by atoms with Crippen LogP contribution < -0.4 is 5.32 Å². The number of hydrogen-bond acceptors (Lipinski definition) is 4. The van der Waals surface area contributed by atoms with E-state index in [1.54, 1.807) is 6.33 Å². The second kappa shape index (κ2) is 6.79. The Labute approximate surface area is 89.7 Å². The molecule has 0 amide bonds. The highest BCUT2D eigenvalue weighted by Gasteiger charge is 2.00. The van der Waals surface area contributed by atoms with Gasteiger partial charge in [-0.2, -0.15) is 11.8 Å². The Morgan fingerprint density at radius 1 is 1.43 bits per heavy atom. The third kappa shape index (κ3) is 4.58. The molecule has 0 bridgehead atoms. The van der Waals surface area contributed by atoms with Crippen LogP contribution in [0, 0.1) is 0 Å². The first kappa shape index (κ1) is 11.5. The van der Waals surface area contributed by atoms with Crippen molar-refractivity contribution in [2.75, 3.05) is 12.0 Å². The highest BCUT2D eigenvalue weighted by Crippen LogP contribution is 2.01. The number of nitrogens with one attached hydrogen (secondary N) is 1. The summed E-state index contributed by atoms with van der Waals surface area (Å²) in [6, 6.07) is 0.558. The molecule has 0 fully saturated rings. The third-order valence-corrected chi connectivity index (χ3v) is 2.67. The van der Waals surface area contributed by atoms with Gasteiger partial charge in [0, 0.05) is 30.5 Å². The molecule has 0 aliphatic carbocycles. The van der Waals surface area contributed by atoms with Crippen LogP contribution in [-0.2, 0) is 6.54 Å². The van der Waals surface area contributed by atoms with E-state index in [0.717, 1.165) is 12.1 Å². The lowest BCUT2D eigenvalue weighted by Gasteiger charge is -2.12. The zero-order valence-corrected chi connectivity index (χ0v) is 9.55. The van der Waals surface area contributed by atoms with Gasteiger partial charge < -0.3 is 5.32 Å². The first-order valence-electron chi connectivity index (χ1n) is 4.79. The normalized spacial score (nSPS) is 12.7. The third-order valence-electron chi connectivity index (χ3n) is 2.02. The van der Waals surface area contributed by atoms with Gasteiger partial charge in [-0.15, -0.1) is 0 Å². The van der Waals surface area contributed by atoms with Gasteiger partial charge in [-0.3, -0.25) is 0 Å². The molecule has 0 spiro atoms. The zero-order valence-electron chi connectivity index (χ0n) is 8.73. The molecule has 0 radical (unpaired) electrons. The first-order valence-corrected chi connectivity index (χ1v) is 6.18. The molecule has 78 valence electrons. The summed E-state index contributed by atoms with van der Waals surface area (Å²) in [5.41, 5.74) is 1.14. The molecule has 1 unspecified atom stereocenters. The molecular formula is C10H17N3S.